The molecule has 6 rings (SSSR count). The van der Waals surface area contributed by atoms with E-state index in [-0.39, 0.29) is 29.9 Å². The molecule has 2 aromatic rings. The van der Waals surface area contributed by atoms with Gasteiger partial charge in [-0.3, -0.25) is 14.8 Å². The van der Waals surface area contributed by atoms with E-state index < -0.39 is 42.7 Å². The predicted molar refractivity (Wildman–Crippen MR) is 193 cm³/mol. The Morgan fingerprint density at radius 1 is 0.839 bits per heavy atom. The summed E-state index contributed by atoms with van der Waals surface area (Å²) < 4.78 is 94.4. The number of amides is 2. The summed E-state index contributed by atoms with van der Waals surface area (Å²) in [5.74, 6) is 0.473. The molecule has 2 fully saturated rings. The second-order valence-electron chi connectivity index (χ2n) is 16.3. The SMILES string of the molecule is CC(C)(C)OC(=O)N1CCc2ncc(OCC(F)(F)F)cc2C1.CC(C)[C@]1(C(=O)N2CCc3ncc(OCC(F)(F)F)cc3C2)CC[C@@H](NC2CCOCC2)C1. The molecule has 17 heteroatoms. The third-order valence-corrected chi connectivity index (χ3v) is 10.5. The molecule has 2 aromatic heterocycles. The molecular weight excluding hydrogens is 748 g/mol. The maximum absolute atomic E-state index is 13.8. The van der Waals surface area contributed by atoms with Crippen molar-refractivity contribution in [2.75, 3.05) is 39.5 Å². The molecule has 1 aliphatic carbocycles. The molecule has 2 amide bonds. The van der Waals surface area contributed by atoms with Crippen LogP contribution in [0.15, 0.2) is 24.5 Å². The van der Waals surface area contributed by atoms with Crippen LogP contribution in [0.1, 0.15) is 89.2 Å². The lowest BCUT2D eigenvalue weighted by molar-refractivity contribution is -0.154. The minimum Gasteiger partial charge on any atom is -0.482 e. The largest absolute Gasteiger partial charge is 0.482 e. The van der Waals surface area contributed by atoms with Crippen molar-refractivity contribution in [3.8, 4) is 11.5 Å². The molecular formula is C39H53F6N5O6. The molecule has 1 N–H and O–H groups in total. The molecule has 0 spiro atoms. The first-order valence-corrected chi connectivity index (χ1v) is 19.2. The van der Waals surface area contributed by atoms with E-state index in [1.54, 1.807) is 26.8 Å². The summed E-state index contributed by atoms with van der Waals surface area (Å²) in [7, 11) is 0. The molecule has 2 atom stereocenters. The number of pyridine rings is 2. The van der Waals surface area contributed by atoms with E-state index in [2.05, 4.69) is 29.1 Å². The van der Waals surface area contributed by atoms with Gasteiger partial charge in [-0.05, 0) is 82.1 Å². The van der Waals surface area contributed by atoms with Crippen molar-refractivity contribution in [1.82, 2.24) is 25.1 Å². The van der Waals surface area contributed by atoms with Crippen LogP contribution >= 0.6 is 0 Å². The predicted octanol–water partition coefficient (Wildman–Crippen LogP) is 7.19. The van der Waals surface area contributed by atoms with E-state index in [1.165, 1.54) is 23.4 Å². The van der Waals surface area contributed by atoms with Crippen LogP contribution < -0.4 is 14.8 Å². The highest BCUT2D eigenvalue weighted by Crippen LogP contribution is 2.47. The number of hydrogen-bond donors (Lipinski definition) is 1. The monoisotopic (exact) mass is 801 g/mol. The van der Waals surface area contributed by atoms with Gasteiger partial charge in [0.15, 0.2) is 13.2 Å². The zero-order chi connectivity index (χ0) is 40.9. The molecule has 0 unspecified atom stereocenters. The van der Waals surface area contributed by atoms with Crippen molar-refractivity contribution < 1.29 is 54.9 Å². The molecule has 56 heavy (non-hydrogen) atoms. The third-order valence-electron chi connectivity index (χ3n) is 10.5. The Labute approximate surface area is 323 Å². The van der Waals surface area contributed by atoms with Crippen LogP contribution in [0.25, 0.3) is 0 Å². The van der Waals surface area contributed by atoms with E-state index in [9.17, 15) is 35.9 Å². The summed E-state index contributed by atoms with van der Waals surface area (Å²) in [6.45, 7) is 10.0. The topological polar surface area (TPSA) is 115 Å². The van der Waals surface area contributed by atoms with Crippen molar-refractivity contribution in [2.24, 2.45) is 11.3 Å². The van der Waals surface area contributed by atoms with Crippen LogP contribution in [0.2, 0.25) is 0 Å². The maximum atomic E-state index is 13.8. The molecule has 0 bridgehead atoms. The smallest absolute Gasteiger partial charge is 0.422 e. The van der Waals surface area contributed by atoms with Gasteiger partial charge in [0.25, 0.3) is 0 Å². The number of hydrogen-bond acceptors (Lipinski definition) is 9. The molecule has 1 saturated heterocycles. The van der Waals surface area contributed by atoms with Gasteiger partial charge < -0.3 is 34.1 Å². The number of aromatic nitrogens is 2. The Morgan fingerprint density at radius 2 is 1.36 bits per heavy atom. The molecule has 0 aromatic carbocycles. The third kappa shape index (κ3) is 12.1. The number of carbonyl (C=O) groups is 2. The lowest BCUT2D eigenvalue weighted by atomic mass is 9.74. The first-order chi connectivity index (χ1) is 26.2. The van der Waals surface area contributed by atoms with Gasteiger partial charge in [0.1, 0.15) is 17.1 Å². The van der Waals surface area contributed by atoms with E-state index in [1.807, 2.05) is 4.90 Å². The number of rotatable bonds is 8. The van der Waals surface area contributed by atoms with Crippen molar-refractivity contribution in [3.05, 3.63) is 47.0 Å². The van der Waals surface area contributed by atoms with E-state index in [0.29, 0.717) is 50.1 Å². The van der Waals surface area contributed by atoms with Gasteiger partial charge in [-0.25, -0.2) is 4.79 Å². The Bertz CT molecular complexity index is 1660. The Hall–Kier alpha value is -3.86. The van der Waals surface area contributed by atoms with Crippen LogP contribution in [0, 0.1) is 11.3 Å². The Morgan fingerprint density at radius 3 is 1.86 bits per heavy atom. The summed E-state index contributed by atoms with van der Waals surface area (Å²) in [5, 5.41) is 3.77. The minimum atomic E-state index is -4.40. The van der Waals surface area contributed by atoms with Gasteiger partial charge >= 0.3 is 18.4 Å². The van der Waals surface area contributed by atoms with Gasteiger partial charge in [0.2, 0.25) is 5.91 Å². The van der Waals surface area contributed by atoms with Crippen molar-refractivity contribution >= 4 is 12.0 Å². The molecule has 11 nitrogen and oxygen atoms in total. The number of fused-ring (bicyclic) bond motifs is 2. The summed E-state index contributed by atoms with van der Waals surface area (Å²) in [6, 6.07) is 3.86. The van der Waals surface area contributed by atoms with E-state index in [4.69, 9.17) is 18.9 Å². The summed E-state index contributed by atoms with van der Waals surface area (Å²) in [5.41, 5.74) is 1.99. The van der Waals surface area contributed by atoms with E-state index >= 15 is 0 Å². The quantitative estimate of drug-likeness (QED) is 0.277. The average Bonchev–Trinajstić information content (AvgIpc) is 3.56. The first kappa shape index (κ1) is 43.3. The second-order valence-corrected chi connectivity index (χ2v) is 16.3. The van der Waals surface area contributed by atoms with Crippen LogP contribution in [-0.4, -0.2) is 101 Å². The number of ether oxygens (including phenoxy) is 4. The maximum Gasteiger partial charge on any atom is 0.422 e. The van der Waals surface area contributed by atoms with Crippen LogP contribution in [0.5, 0.6) is 11.5 Å². The van der Waals surface area contributed by atoms with Gasteiger partial charge in [0.05, 0.1) is 24.4 Å². The number of nitrogens with zero attached hydrogens (tertiary/aromatic N) is 4. The summed E-state index contributed by atoms with van der Waals surface area (Å²) >= 11 is 0. The highest BCUT2D eigenvalue weighted by Gasteiger charge is 2.50. The molecule has 1 saturated carbocycles. The Balaban J connectivity index is 0.000000229. The lowest BCUT2D eigenvalue weighted by Crippen LogP contribution is -2.49. The number of alkyl halides is 6. The van der Waals surface area contributed by atoms with Crippen molar-refractivity contribution in [2.45, 2.75) is 123 Å². The summed E-state index contributed by atoms with van der Waals surface area (Å²) in [4.78, 5) is 37.7. The Kier molecular flexibility index (Phi) is 13.7. The zero-order valence-electron chi connectivity index (χ0n) is 32.7. The number of carbonyl (C=O) groups excluding carboxylic acids is 2. The van der Waals surface area contributed by atoms with Gasteiger partial charge in [-0.1, -0.05) is 13.8 Å². The highest BCUT2D eigenvalue weighted by molar-refractivity contribution is 5.84. The van der Waals surface area contributed by atoms with Gasteiger partial charge in [0, 0.05) is 69.2 Å². The standard InChI is InChI=1S/C24H34F3N3O3.C15H19F3N2O3/c1-16(2)23(7-3-19(12-23)29-18-5-9-32-10-6-18)22(31)30-8-4-21-17(14-30)11-20(13-28-21)33-15-24(25,26)27;1-14(2,3)23-13(21)20-5-4-12-10(8-20)6-11(7-19-12)22-9-15(16,17)18/h11,13,16,18-19,29H,3-10,12,14-15H2,1-2H3;6-7H,4-5,8-9H2,1-3H3/t19-,23+;/m1./s1. The highest BCUT2D eigenvalue weighted by atomic mass is 19.4. The second kappa shape index (κ2) is 17.7. The van der Waals surface area contributed by atoms with Gasteiger partial charge in [-0.15, -0.1) is 0 Å². The number of halogens is 6. The average molecular weight is 802 g/mol. The van der Waals surface area contributed by atoms with Crippen molar-refractivity contribution in [3.63, 3.8) is 0 Å². The van der Waals surface area contributed by atoms with Gasteiger partial charge in [-0.2, -0.15) is 26.3 Å². The van der Waals surface area contributed by atoms with Crippen LogP contribution in [0.3, 0.4) is 0 Å². The minimum absolute atomic E-state index is 0.0344. The molecule has 5 heterocycles. The zero-order valence-corrected chi connectivity index (χ0v) is 32.7. The fourth-order valence-electron chi connectivity index (χ4n) is 7.65. The van der Waals surface area contributed by atoms with Crippen LogP contribution in [0.4, 0.5) is 31.1 Å². The molecule has 312 valence electrons. The van der Waals surface area contributed by atoms with E-state index in [0.717, 1.165) is 62.3 Å². The molecule has 4 aliphatic rings. The van der Waals surface area contributed by atoms with Crippen LogP contribution in [-0.2, 0) is 40.2 Å². The lowest BCUT2D eigenvalue weighted by Gasteiger charge is -2.39. The normalized spacial score (nSPS) is 21.8. The fourth-order valence-corrected chi connectivity index (χ4v) is 7.65. The number of nitrogens with one attached hydrogen (secondary N) is 1. The molecule has 3 aliphatic heterocycles. The summed E-state index contributed by atoms with van der Waals surface area (Å²) in [6.07, 6.45) is -0.883. The fraction of sp³-hybridized carbons (Fsp3) is 0.692. The first-order valence-electron chi connectivity index (χ1n) is 19.2. The molecule has 0 radical (unpaired) electrons. The van der Waals surface area contributed by atoms with Crippen molar-refractivity contribution in [1.29, 1.82) is 0 Å².